The van der Waals surface area contributed by atoms with Crippen LogP contribution in [0.25, 0.3) is 0 Å². The molecule has 0 rings (SSSR count). The molecular formula is C19H32O2. The van der Waals surface area contributed by atoms with Crippen LogP contribution in [0.5, 0.6) is 0 Å². The molecule has 0 saturated heterocycles. The lowest BCUT2D eigenvalue weighted by molar-refractivity contribution is -0.137. The molecule has 0 bridgehead atoms. The molecular weight excluding hydrogens is 260 g/mol. The standard InChI is InChI=1S/C19H32O2/c1-3-4-12-15-18(2)16-13-10-8-6-5-7-9-11-14-17-19(20)21/h5,7-8,10,13,16,18H,3-4,6,9,11-12,14-15,17H2,1-2H3,(H,20,21)/b7-5-,10-8-,16-13+. The van der Waals surface area contributed by atoms with Gasteiger partial charge in [0, 0.05) is 6.42 Å². The zero-order valence-corrected chi connectivity index (χ0v) is 13.8. The number of hydrogen-bond donors (Lipinski definition) is 1. The number of hydrogen-bond acceptors (Lipinski definition) is 1. The average molecular weight is 292 g/mol. The summed E-state index contributed by atoms with van der Waals surface area (Å²) in [5.41, 5.74) is 0. The van der Waals surface area contributed by atoms with E-state index in [0.29, 0.717) is 5.92 Å². The van der Waals surface area contributed by atoms with Gasteiger partial charge in [0.05, 0.1) is 0 Å². The predicted octanol–water partition coefficient (Wildman–Crippen LogP) is 5.91. The van der Waals surface area contributed by atoms with E-state index < -0.39 is 5.97 Å². The summed E-state index contributed by atoms with van der Waals surface area (Å²) in [5, 5.41) is 8.50. The van der Waals surface area contributed by atoms with E-state index in [1.54, 1.807) is 0 Å². The van der Waals surface area contributed by atoms with Crippen LogP contribution in [-0.4, -0.2) is 11.1 Å². The highest BCUT2D eigenvalue weighted by Gasteiger charge is 1.95. The maximum atomic E-state index is 10.3. The zero-order chi connectivity index (χ0) is 15.8. The van der Waals surface area contributed by atoms with E-state index in [1.165, 1.54) is 25.7 Å². The van der Waals surface area contributed by atoms with E-state index in [-0.39, 0.29) is 6.42 Å². The highest BCUT2D eigenvalue weighted by atomic mass is 16.4. The van der Waals surface area contributed by atoms with Crippen molar-refractivity contribution in [2.75, 3.05) is 0 Å². The largest absolute Gasteiger partial charge is 0.481 e. The number of carbonyl (C=O) groups is 1. The van der Waals surface area contributed by atoms with Gasteiger partial charge >= 0.3 is 5.97 Å². The molecule has 2 nitrogen and oxygen atoms in total. The Hall–Kier alpha value is -1.31. The third-order valence-corrected chi connectivity index (χ3v) is 3.40. The Morgan fingerprint density at radius 2 is 1.86 bits per heavy atom. The van der Waals surface area contributed by atoms with Crippen molar-refractivity contribution < 1.29 is 9.90 Å². The van der Waals surface area contributed by atoms with Crippen LogP contribution in [0.3, 0.4) is 0 Å². The molecule has 0 aliphatic rings. The van der Waals surface area contributed by atoms with E-state index in [2.05, 4.69) is 50.3 Å². The van der Waals surface area contributed by atoms with E-state index in [9.17, 15) is 4.79 Å². The van der Waals surface area contributed by atoms with Gasteiger partial charge in [-0.05, 0) is 38.0 Å². The fourth-order valence-electron chi connectivity index (χ4n) is 2.05. The fourth-order valence-corrected chi connectivity index (χ4v) is 2.05. The molecule has 1 unspecified atom stereocenters. The quantitative estimate of drug-likeness (QED) is 0.260. The third kappa shape index (κ3) is 16.6. The van der Waals surface area contributed by atoms with Crippen molar-refractivity contribution in [1.29, 1.82) is 0 Å². The van der Waals surface area contributed by atoms with Crippen molar-refractivity contribution in [3.8, 4) is 0 Å². The number of aliphatic carboxylic acids is 1. The van der Waals surface area contributed by atoms with Gasteiger partial charge in [0.2, 0.25) is 0 Å². The molecule has 0 amide bonds. The maximum absolute atomic E-state index is 10.3. The number of allylic oxidation sites excluding steroid dienone is 6. The molecule has 1 atom stereocenters. The lowest BCUT2D eigenvalue weighted by atomic mass is 10.0. The smallest absolute Gasteiger partial charge is 0.303 e. The Labute approximate surface area is 130 Å². The van der Waals surface area contributed by atoms with Crippen LogP contribution in [0.2, 0.25) is 0 Å². The Bertz CT molecular complexity index is 326. The van der Waals surface area contributed by atoms with Gasteiger partial charge in [-0.15, -0.1) is 0 Å². The van der Waals surface area contributed by atoms with E-state index in [4.69, 9.17) is 5.11 Å². The van der Waals surface area contributed by atoms with Crippen molar-refractivity contribution in [2.45, 2.75) is 71.6 Å². The fraction of sp³-hybridized carbons (Fsp3) is 0.632. The first kappa shape index (κ1) is 19.7. The van der Waals surface area contributed by atoms with Crippen molar-refractivity contribution in [3.05, 3.63) is 36.5 Å². The maximum Gasteiger partial charge on any atom is 0.303 e. The molecule has 0 aromatic carbocycles. The van der Waals surface area contributed by atoms with Crippen LogP contribution in [0, 0.1) is 5.92 Å². The number of unbranched alkanes of at least 4 members (excludes halogenated alkanes) is 4. The molecule has 1 N–H and O–H groups in total. The normalized spacial score (nSPS) is 13.6. The Balaban J connectivity index is 3.51. The van der Waals surface area contributed by atoms with Gasteiger partial charge in [-0.3, -0.25) is 4.79 Å². The Kier molecular flexibility index (Phi) is 14.1. The van der Waals surface area contributed by atoms with Gasteiger partial charge in [0.25, 0.3) is 0 Å². The van der Waals surface area contributed by atoms with Crippen molar-refractivity contribution in [1.82, 2.24) is 0 Å². The molecule has 0 heterocycles. The molecule has 120 valence electrons. The molecule has 2 heteroatoms. The van der Waals surface area contributed by atoms with E-state index in [1.807, 2.05) is 0 Å². The summed E-state index contributed by atoms with van der Waals surface area (Å²) in [6.45, 7) is 4.51. The van der Waals surface area contributed by atoms with Crippen LogP contribution in [-0.2, 0) is 4.79 Å². The SMILES string of the molecule is CCCCCC(C)/C=C/C=C\C/C=C\CCCCC(=O)O. The van der Waals surface area contributed by atoms with Crippen LogP contribution < -0.4 is 0 Å². The van der Waals surface area contributed by atoms with Crippen LogP contribution in [0.4, 0.5) is 0 Å². The first-order valence-corrected chi connectivity index (χ1v) is 8.37. The molecule has 0 aromatic rings. The van der Waals surface area contributed by atoms with E-state index >= 15 is 0 Å². The highest BCUT2D eigenvalue weighted by molar-refractivity contribution is 5.66. The van der Waals surface area contributed by atoms with Gasteiger partial charge in [-0.2, -0.15) is 0 Å². The molecule has 0 aliphatic carbocycles. The van der Waals surface area contributed by atoms with Crippen molar-refractivity contribution in [3.63, 3.8) is 0 Å². The first-order valence-electron chi connectivity index (χ1n) is 8.37. The average Bonchev–Trinajstić information content (AvgIpc) is 2.44. The number of carboxylic acid groups (broad SMARTS) is 1. The van der Waals surface area contributed by atoms with Gasteiger partial charge < -0.3 is 5.11 Å². The molecule has 0 aliphatic heterocycles. The Morgan fingerprint density at radius 1 is 1.05 bits per heavy atom. The summed E-state index contributed by atoms with van der Waals surface area (Å²) in [6, 6.07) is 0. The first-order chi connectivity index (χ1) is 10.2. The van der Waals surface area contributed by atoms with Crippen LogP contribution in [0.1, 0.15) is 71.6 Å². The zero-order valence-electron chi connectivity index (χ0n) is 13.8. The summed E-state index contributed by atoms with van der Waals surface area (Å²) in [7, 11) is 0. The van der Waals surface area contributed by atoms with Crippen molar-refractivity contribution >= 4 is 5.97 Å². The molecule has 0 aromatic heterocycles. The van der Waals surface area contributed by atoms with Gasteiger partial charge in [-0.25, -0.2) is 0 Å². The van der Waals surface area contributed by atoms with Gasteiger partial charge in [0.1, 0.15) is 0 Å². The summed E-state index contributed by atoms with van der Waals surface area (Å²) < 4.78 is 0. The van der Waals surface area contributed by atoms with E-state index in [0.717, 1.165) is 25.7 Å². The van der Waals surface area contributed by atoms with Crippen molar-refractivity contribution in [2.24, 2.45) is 5.92 Å². The van der Waals surface area contributed by atoms with Gasteiger partial charge in [-0.1, -0.05) is 69.6 Å². The Morgan fingerprint density at radius 3 is 2.57 bits per heavy atom. The lowest BCUT2D eigenvalue weighted by Gasteiger charge is -2.03. The lowest BCUT2D eigenvalue weighted by Crippen LogP contribution is -1.92. The summed E-state index contributed by atoms with van der Waals surface area (Å²) in [5.74, 6) is -0.0244. The summed E-state index contributed by atoms with van der Waals surface area (Å²) in [6.07, 6.45) is 22.2. The second-order valence-corrected chi connectivity index (χ2v) is 5.63. The second kappa shape index (κ2) is 15.1. The minimum atomic E-state index is -0.697. The summed E-state index contributed by atoms with van der Waals surface area (Å²) >= 11 is 0. The minimum absolute atomic E-state index is 0.287. The molecule has 0 spiro atoms. The third-order valence-electron chi connectivity index (χ3n) is 3.40. The second-order valence-electron chi connectivity index (χ2n) is 5.63. The molecule has 21 heavy (non-hydrogen) atoms. The molecule has 0 saturated carbocycles. The monoisotopic (exact) mass is 292 g/mol. The molecule has 0 radical (unpaired) electrons. The minimum Gasteiger partial charge on any atom is -0.481 e. The van der Waals surface area contributed by atoms with Crippen LogP contribution in [0.15, 0.2) is 36.5 Å². The van der Waals surface area contributed by atoms with Crippen LogP contribution >= 0.6 is 0 Å². The highest BCUT2D eigenvalue weighted by Crippen LogP contribution is 2.10. The number of rotatable bonds is 13. The summed E-state index contributed by atoms with van der Waals surface area (Å²) in [4.78, 5) is 10.3. The van der Waals surface area contributed by atoms with Gasteiger partial charge in [0.15, 0.2) is 0 Å². The topological polar surface area (TPSA) is 37.3 Å². The number of carboxylic acids is 1. The predicted molar refractivity (Wildman–Crippen MR) is 91.4 cm³/mol. The molecule has 0 fully saturated rings.